The molecule has 3 heterocycles. The minimum absolute atomic E-state index is 0.163. The first-order valence-corrected chi connectivity index (χ1v) is 8.60. The molecule has 1 saturated carbocycles. The van der Waals surface area contributed by atoms with Crippen molar-refractivity contribution in [1.82, 2.24) is 24.6 Å². The molecular formula is C16H14BrF2N5O2. The normalized spacial score (nSPS) is 19.2. The SMILES string of the molecule is COc1ncc(-c2cc([C@H]3C[C@@H]3C(F)F)c3ncc(Br)n3n2)c(OC)n1. The number of nitrogens with zero attached hydrogens (tertiary/aromatic N) is 5. The largest absolute Gasteiger partial charge is 0.480 e. The molecule has 3 aromatic rings. The highest BCUT2D eigenvalue weighted by Gasteiger charge is 2.46. The van der Waals surface area contributed by atoms with Crippen molar-refractivity contribution in [3.05, 3.63) is 28.6 Å². The van der Waals surface area contributed by atoms with Gasteiger partial charge >= 0.3 is 6.01 Å². The van der Waals surface area contributed by atoms with Gasteiger partial charge in [0.2, 0.25) is 12.3 Å². The molecule has 1 aliphatic rings. The number of alkyl halides is 2. The van der Waals surface area contributed by atoms with E-state index in [4.69, 9.17) is 9.47 Å². The number of halogens is 3. The molecule has 4 rings (SSSR count). The van der Waals surface area contributed by atoms with Gasteiger partial charge in [-0.15, -0.1) is 0 Å². The minimum atomic E-state index is -2.35. The highest BCUT2D eigenvalue weighted by Crippen LogP contribution is 2.52. The average molecular weight is 426 g/mol. The Balaban J connectivity index is 1.88. The van der Waals surface area contributed by atoms with E-state index >= 15 is 0 Å². The molecule has 0 spiro atoms. The molecule has 10 heteroatoms. The molecule has 0 radical (unpaired) electrons. The third-order valence-corrected chi connectivity index (χ3v) is 4.94. The molecule has 0 unspecified atom stereocenters. The fourth-order valence-electron chi connectivity index (χ4n) is 3.00. The zero-order valence-corrected chi connectivity index (χ0v) is 15.4. The maximum Gasteiger partial charge on any atom is 0.319 e. The van der Waals surface area contributed by atoms with Gasteiger partial charge in [0.25, 0.3) is 0 Å². The Bertz CT molecular complexity index is 981. The van der Waals surface area contributed by atoms with Crippen LogP contribution in [0.1, 0.15) is 17.9 Å². The number of imidazole rings is 1. The first kappa shape index (κ1) is 17.1. The van der Waals surface area contributed by atoms with E-state index in [1.54, 1.807) is 16.8 Å². The lowest BCUT2D eigenvalue weighted by Gasteiger charge is -2.11. The van der Waals surface area contributed by atoms with Gasteiger partial charge in [0.15, 0.2) is 5.65 Å². The lowest BCUT2D eigenvalue weighted by atomic mass is 10.1. The molecule has 26 heavy (non-hydrogen) atoms. The Kier molecular flexibility index (Phi) is 4.22. The van der Waals surface area contributed by atoms with Crippen LogP contribution in [0, 0.1) is 5.92 Å². The number of rotatable bonds is 5. The Morgan fingerprint density at radius 1 is 1.23 bits per heavy atom. The van der Waals surface area contributed by atoms with Gasteiger partial charge in [-0.2, -0.15) is 10.1 Å². The van der Waals surface area contributed by atoms with Crippen molar-refractivity contribution in [1.29, 1.82) is 0 Å². The quantitative estimate of drug-likeness (QED) is 0.623. The summed E-state index contributed by atoms with van der Waals surface area (Å²) in [6, 6.07) is 1.92. The first-order chi connectivity index (χ1) is 12.5. The van der Waals surface area contributed by atoms with E-state index in [1.165, 1.54) is 20.4 Å². The second kappa shape index (κ2) is 6.42. The Morgan fingerprint density at radius 3 is 2.69 bits per heavy atom. The monoisotopic (exact) mass is 425 g/mol. The van der Waals surface area contributed by atoms with Crippen LogP contribution in [0.25, 0.3) is 16.9 Å². The Labute approximate surface area is 155 Å². The maximum absolute atomic E-state index is 13.1. The van der Waals surface area contributed by atoms with E-state index in [0.29, 0.717) is 27.9 Å². The number of aromatic nitrogens is 5. The molecule has 1 aliphatic carbocycles. The summed E-state index contributed by atoms with van der Waals surface area (Å²) in [5.41, 5.74) is 2.32. The smallest absolute Gasteiger partial charge is 0.319 e. The van der Waals surface area contributed by atoms with Crippen molar-refractivity contribution in [2.24, 2.45) is 5.92 Å². The molecular weight excluding hydrogens is 412 g/mol. The molecule has 0 N–H and O–H groups in total. The summed E-state index contributed by atoms with van der Waals surface area (Å²) < 4.78 is 38.7. The topological polar surface area (TPSA) is 74.4 Å². The summed E-state index contributed by atoms with van der Waals surface area (Å²) >= 11 is 3.39. The molecule has 1 fully saturated rings. The summed E-state index contributed by atoms with van der Waals surface area (Å²) in [5.74, 6) is -0.621. The van der Waals surface area contributed by atoms with E-state index in [-0.39, 0.29) is 17.8 Å². The van der Waals surface area contributed by atoms with Crippen LogP contribution in [0.5, 0.6) is 11.9 Å². The number of methoxy groups -OCH3 is 2. The van der Waals surface area contributed by atoms with Gasteiger partial charge in [-0.05, 0) is 34.3 Å². The summed E-state index contributed by atoms with van der Waals surface area (Å²) in [4.78, 5) is 12.6. The predicted molar refractivity (Wildman–Crippen MR) is 91.7 cm³/mol. The number of ether oxygens (including phenoxy) is 2. The van der Waals surface area contributed by atoms with Gasteiger partial charge in [0, 0.05) is 17.7 Å². The number of fused-ring (bicyclic) bond motifs is 1. The third kappa shape index (κ3) is 2.77. The Hall–Kier alpha value is -2.36. The van der Waals surface area contributed by atoms with E-state index in [9.17, 15) is 8.78 Å². The summed E-state index contributed by atoms with van der Waals surface area (Å²) in [7, 11) is 2.93. The van der Waals surface area contributed by atoms with E-state index in [0.717, 1.165) is 5.56 Å². The lowest BCUT2D eigenvalue weighted by Crippen LogP contribution is -2.04. The molecule has 0 aliphatic heterocycles. The van der Waals surface area contributed by atoms with Crippen molar-refractivity contribution < 1.29 is 18.3 Å². The van der Waals surface area contributed by atoms with Crippen LogP contribution in [-0.2, 0) is 0 Å². The summed E-state index contributed by atoms with van der Waals surface area (Å²) in [5, 5.41) is 4.53. The molecule has 136 valence electrons. The minimum Gasteiger partial charge on any atom is -0.480 e. The predicted octanol–water partition coefficient (Wildman–Crippen LogP) is 3.33. The van der Waals surface area contributed by atoms with Gasteiger partial charge in [0.1, 0.15) is 4.60 Å². The zero-order valence-electron chi connectivity index (χ0n) is 13.9. The van der Waals surface area contributed by atoms with Gasteiger partial charge in [-0.1, -0.05) is 0 Å². The van der Waals surface area contributed by atoms with Crippen LogP contribution in [-0.4, -0.2) is 45.2 Å². The van der Waals surface area contributed by atoms with Gasteiger partial charge in [-0.3, -0.25) is 0 Å². The van der Waals surface area contributed by atoms with Crippen LogP contribution in [0.3, 0.4) is 0 Å². The standard InChI is InChI=1S/C16H14BrF2N5O2/c1-25-15-10(5-21-16(22-15)26-2)11-4-9(7-3-8(7)13(18)19)14-20-6-12(17)24(14)23-11/h4-8,13H,3H2,1-2H3/t7-,8-/m0/s1. The van der Waals surface area contributed by atoms with Gasteiger partial charge in [0.05, 0.1) is 31.7 Å². The second-order valence-electron chi connectivity index (χ2n) is 5.92. The summed E-state index contributed by atoms with van der Waals surface area (Å²) in [6.45, 7) is 0. The fourth-order valence-corrected chi connectivity index (χ4v) is 3.35. The average Bonchev–Trinajstić information content (AvgIpc) is 3.38. The van der Waals surface area contributed by atoms with Gasteiger partial charge in [-0.25, -0.2) is 23.3 Å². The van der Waals surface area contributed by atoms with Crippen molar-refractivity contribution in [3.63, 3.8) is 0 Å². The molecule has 0 saturated heterocycles. The van der Waals surface area contributed by atoms with Crippen LogP contribution in [0.4, 0.5) is 8.78 Å². The van der Waals surface area contributed by atoms with Crippen molar-refractivity contribution in [2.75, 3.05) is 14.2 Å². The van der Waals surface area contributed by atoms with E-state index in [2.05, 4.69) is 36.0 Å². The van der Waals surface area contributed by atoms with Crippen molar-refractivity contribution in [2.45, 2.75) is 18.8 Å². The van der Waals surface area contributed by atoms with Crippen LogP contribution in [0.15, 0.2) is 23.1 Å². The molecule has 2 atom stereocenters. The van der Waals surface area contributed by atoms with Crippen molar-refractivity contribution in [3.8, 4) is 23.1 Å². The molecule has 0 aromatic carbocycles. The number of hydrogen-bond donors (Lipinski definition) is 0. The fraction of sp³-hybridized carbons (Fsp3) is 0.375. The van der Waals surface area contributed by atoms with E-state index in [1.807, 2.05) is 0 Å². The lowest BCUT2D eigenvalue weighted by molar-refractivity contribution is 0.120. The van der Waals surface area contributed by atoms with Crippen LogP contribution >= 0.6 is 15.9 Å². The highest BCUT2D eigenvalue weighted by molar-refractivity contribution is 9.10. The molecule has 0 bridgehead atoms. The summed E-state index contributed by atoms with van der Waals surface area (Å²) in [6.07, 6.45) is 1.20. The molecule has 3 aromatic heterocycles. The highest BCUT2D eigenvalue weighted by atomic mass is 79.9. The second-order valence-corrected chi connectivity index (χ2v) is 6.73. The first-order valence-electron chi connectivity index (χ1n) is 7.81. The van der Waals surface area contributed by atoms with Crippen LogP contribution in [0.2, 0.25) is 0 Å². The van der Waals surface area contributed by atoms with E-state index < -0.39 is 12.3 Å². The van der Waals surface area contributed by atoms with Gasteiger partial charge < -0.3 is 9.47 Å². The maximum atomic E-state index is 13.1. The Morgan fingerprint density at radius 2 is 2.04 bits per heavy atom. The van der Waals surface area contributed by atoms with Crippen LogP contribution < -0.4 is 9.47 Å². The third-order valence-electron chi connectivity index (χ3n) is 4.40. The zero-order chi connectivity index (χ0) is 18.4. The number of hydrogen-bond acceptors (Lipinski definition) is 6. The molecule has 0 amide bonds. The molecule has 7 nitrogen and oxygen atoms in total. The van der Waals surface area contributed by atoms with Crippen molar-refractivity contribution >= 4 is 21.6 Å².